The van der Waals surface area contributed by atoms with Crippen molar-refractivity contribution in [3.63, 3.8) is 0 Å². The van der Waals surface area contributed by atoms with E-state index in [9.17, 15) is 10.1 Å². The van der Waals surface area contributed by atoms with Crippen molar-refractivity contribution in [2.24, 2.45) is 0 Å². The number of nitrogens with one attached hydrogen (secondary N) is 1. The standard InChI is InChI=1S/C14H19N5O2/c1-4-12-16-13(5-2)18(17-12)11-9-7-8-10(15-6-3)14(11)19(20)21/h7-9,15H,4-6H2,1-3H3. The lowest BCUT2D eigenvalue weighted by Crippen LogP contribution is -2.08. The van der Waals surface area contributed by atoms with Crippen LogP contribution in [0.1, 0.15) is 32.4 Å². The summed E-state index contributed by atoms with van der Waals surface area (Å²) in [6, 6.07) is 5.19. The number of hydrogen-bond acceptors (Lipinski definition) is 5. The molecule has 1 N–H and O–H groups in total. The minimum absolute atomic E-state index is 0.0293. The number of nitrogens with zero attached hydrogens (tertiary/aromatic N) is 4. The largest absolute Gasteiger partial charge is 0.380 e. The molecule has 0 radical (unpaired) electrons. The molecule has 0 saturated carbocycles. The third-order valence-electron chi connectivity index (χ3n) is 3.14. The summed E-state index contributed by atoms with van der Waals surface area (Å²) in [4.78, 5) is 15.5. The van der Waals surface area contributed by atoms with Crippen LogP contribution in [0, 0.1) is 10.1 Å². The molecule has 0 fully saturated rings. The van der Waals surface area contributed by atoms with Crippen molar-refractivity contribution in [2.75, 3.05) is 11.9 Å². The second kappa shape index (κ2) is 6.34. The van der Waals surface area contributed by atoms with Gasteiger partial charge in [0, 0.05) is 19.4 Å². The van der Waals surface area contributed by atoms with Crippen LogP contribution in [0.5, 0.6) is 0 Å². The number of benzene rings is 1. The van der Waals surface area contributed by atoms with Gasteiger partial charge in [0.25, 0.3) is 0 Å². The zero-order chi connectivity index (χ0) is 15.4. The van der Waals surface area contributed by atoms with Gasteiger partial charge in [0.05, 0.1) is 4.92 Å². The minimum Gasteiger partial charge on any atom is -0.380 e. The molecule has 21 heavy (non-hydrogen) atoms. The highest BCUT2D eigenvalue weighted by molar-refractivity contribution is 5.71. The Labute approximate surface area is 123 Å². The Balaban J connectivity index is 2.65. The third kappa shape index (κ3) is 2.86. The number of nitro benzene ring substituents is 1. The number of hydrogen-bond donors (Lipinski definition) is 1. The number of anilines is 1. The molecule has 0 amide bonds. The van der Waals surface area contributed by atoms with Gasteiger partial charge in [-0.2, -0.15) is 5.10 Å². The molecule has 0 saturated heterocycles. The lowest BCUT2D eigenvalue weighted by molar-refractivity contribution is -0.383. The van der Waals surface area contributed by atoms with Gasteiger partial charge in [-0.15, -0.1) is 0 Å². The Hall–Kier alpha value is -2.44. The molecule has 0 atom stereocenters. The van der Waals surface area contributed by atoms with E-state index in [4.69, 9.17) is 0 Å². The fourth-order valence-corrected chi connectivity index (χ4v) is 2.19. The van der Waals surface area contributed by atoms with Gasteiger partial charge in [0.2, 0.25) is 0 Å². The lowest BCUT2D eigenvalue weighted by Gasteiger charge is -2.10. The van der Waals surface area contributed by atoms with Gasteiger partial charge in [-0.05, 0) is 19.1 Å². The van der Waals surface area contributed by atoms with Crippen molar-refractivity contribution in [1.29, 1.82) is 0 Å². The molecule has 2 rings (SSSR count). The zero-order valence-corrected chi connectivity index (χ0v) is 12.5. The van der Waals surface area contributed by atoms with Crippen LogP contribution in [0.3, 0.4) is 0 Å². The Morgan fingerprint density at radius 2 is 2.05 bits per heavy atom. The lowest BCUT2D eigenvalue weighted by atomic mass is 10.2. The number of rotatable bonds is 6. The van der Waals surface area contributed by atoms with Crippen LogP contribution >= 0.6 is 0 Å². The van der Waals surface area contributed by atoms with E-state index in [-0.39, 0.29) is 10.6 Å². The summed E-state index contributed by atoms with van der Waals surface area (Å²) < 4.78 is 1.58. The monoisotopic (exact) mass is 289 g/mol. The van der Waals surface area contributed by atoms with Crippen molar-refractivity contribution in [3.05, 3.63) is 40.0 Å². The van der Waals surface area contributed by atoms with Crippen molar-refractivity contribution < 1.29 is 4.92 Å². The molecule has 0 unspecified atom stereocenters. The summed E-state index contributed by atoms with van der Waals surface area (Å²) in [5.74, 6) is 1.42. The van der Waals surface area contributed by atoms with Gasteiger partial charge in [-0.3, -0.25) is 10.1 Å². The molecule has 0 aliphatic rings. The van der Waals surface area contributed by atoms with E-state index < -0.39 is 0 Å². The number of para-hydroxylation sites is 1. The summed E-state index contributed by atoms with van der Waals surface area (Å²) in [6.45, 7) is 6.43. The van der Waals surface area contributed by atoms with Gasteiger partial charge in [-0.25, -0.2) is 9.67 Å². The molecular weight excluding hydrogens is 270 g/mol. The van der Waals surface area contributed by atoms with Crippen molar-refractivity contribution in [1.82, 2.24) is 14.8 Å². The maximum Gasteiger partial charge on any atom is 0.317 e. The highest BCUT2D eigenvalue weighted by Gasteiger charge is 2.23. The van der Waals surface area contributed by atoms with Crippen LogP contribution in [0.4, 0.5) is 11.4 Å². The Morgan fingerprint density at radius 3 is 2.62 bits per heavy atom. The molecule has 7 heteroatoms. The summed E-state index contributed by atoms with van der Waals surface area (Å²) >= 11 is 0. The van der Waals surface area contributed by atoms with E-state index in [1.165, 1.54) is 0 Å². The molecule has 2 aromatic rings. The Bertz CT molecular complexity index is 651. The second-order valence-electron chi connectivity index (χ2n) is 4.52. The maximum atomic E-state index is 11.5. The van der Waals surface area contributed by atoms with Gasteiger partial charge < -0.3 is 5.32 Å². The zero-order valence-electron chi connectivity index (χ0n) is 12.5. The molecule has 0 bridgehead atoms. The highest BCUT2D eigenvalue weighted by atomic mass is 16.6. The summed E-state index contributed by atoms with van der Waals surface area (Å²) in [6.07, 6.45) is 1.36. The first-order valence-corrected chi connectivity index (χ1v) is 7.08. The first-order chi connectivity index (χ1) is 10.1. The van der Waals surface area contributed by atoms with Crippen molar-refractivity contribution in [2.45, 2.75) is 33.6 Å². The van der Waals surface area contributed by atoms with Crippen LogP contribution < -0.4 is 5.32 Å². The molecule has 112 valence electrons. The topological polar surface area (TPSA) is 85.9 Å². The van der Waals surface area contributed by atoms with Crippen LogP contribution in [0.15, 0.2) is 18.2 Å². The quantitative estimate of drug-likeness (QED) is 0.652. The van der Waals surface area contributed by atoms with E-state index in [0.29, 0.717) is 36.6 Å². The van der Waals surface area contributed by atoms with Gasteiger partial charge in [0.1, 0.15) is 17.2 Å². The summed E-state index contributed by atoms with van der Waals surface area (Å²) in [5, 5.41) is 18.9. The average molecular weight is 289 g/mol. The van der Waals surface area contributed by atoms with E-state index in [2.05, 4.69) is 15.4 Å². The van der Waals surface area contributed by atoms with E-state index >= 15 is 0 Å². The van der Waals surface area contributed by atoms with Crippen LogP contribution in [-0.2, 0) is 12.8 Å². The fraction of sp³-hybridized carbons (Fsp3) is 0.429. The smallest absolute Gasteiger partial charge is 0.317 e. The fourth-order valence-electron chi connectivity index (χ4n) is 2.19. The van der Waals surface area contributed by atoms with Crippen molar-refractivity contribution >= 4 is 11.4 Å². The minimum atomic E-state index is -0.375. The predicted molar refractivity (Wildman–Crippen MR) is 80.9 cm³/mol. The Morgan fingerprint density at radius 1 is 1.29 bits per heavy atom. The third-order valence-corrected chi connectivity index (χ3v) is 3.14. The number of aryl methyl sites for hydroxylation is 2. The van der Waals surface area contributed by atoms with Gasteiger partial charge >= 0.3 is 5.69 Å². The highest BCUT2D eigenvalue weighted by Crippen LogP contribution is 2.31. The molecule has 0 aliphatic carbocycles. The van der Waals surface area contributed by atoms with Crippen molar-refractivity contribution in [3.8, 4) is 5.69 Å². The molecule has 1 aromatic heterocycles. The first kappa shape index (κ1) is 15.0. The van der Waals surface area contributed by atoms with Gasteiger partial charge in [0.15, 0.2) is 5.82 Å². The van der Waals surface area contributed by atoms with E-state index in [0.717, 1.165) is 5.82 Å². The molecule has 0 spiro atoms. The predicted octanol–water partition coefficient (Wildman–Crippen LogP) is 2.73. The summed E-state index contributed by atoms with van der Waals surface area (Å²) in [5.41, 5.74) is 0.972. The molecule has 1 aromatic carbocycles. The van der Waals surface area contributed by atoms with E-state index in [1.807, 2.05) is 20.8 Å². The molecule has 7 nitrogen and oxygen atoms in total. The number of aromatic nitrogens is 3. The van der Waals surface area contributed by atoms with Crippen LogP contribution in [-0.4, -0.2) is 26.2 Å². The second-order valence-corrected chi connectivity index (χ2v) is 4.52. The normalized spacial score (nSPS) is 10.6. The molecular formula is C14H19N5O2. The summed E-state index contributed by atoms with van der Waals surface area (Å²) in [7, 11) is 0. The Kier molecular flexibility index (Phi) is 4.52. The van der Waals surface area contributed by atoms with Crippen LogP contribution in [0.2, 0.25) is 0 Å². The van der Waals surface area contributed by atoms with Gasteiger partial charge in [-0.1, -0.05) is 19.9 Å². The molecule has 1 heterocycles. The SMILES string of the molecule is CCNc1cccc(-n2nc(CC)nc2CC)c1[N+](=O)[O-]. The first-order valence-electron chi connectivity index (χ1n) is 7.08. The number of nitro groups is 1. The average Bonchev–Trinajstić information content (AvgIpc) is 2.90. The van der Waals surface area contributed by atoms with Crippen LogP contribution in [0.25, 0.3) is 5.69 Å². The van der Waals surface area contributed by atoms with E-state index in [1.54, 1.807) is 22.9 Å². The molecule has 0 aliphatic heterocycles. The maximum absolute atomic E-state index is 11.5.